The third-order valence-corrected chi connectivity index (χ3v) is 5.28. The summed E-state index contributed by atoms with van der Waals surface area (Å²) in [7, 11) is 1.79. The number of likely N-dealkylation sites (N-methyl/N-ethyl adjacent to an activating group) is 1. The van der Waals surface area contributed by atoms with Crippen LogP contribution in [-0.4, -0.2) is 24.3 Å². The van der Waals surface area contributed by atoms with Crippen molar-refractivity contribution < 1.29 is 14.3 Å². The van der Waals surface area contributed by atoms with Gasteiger partial charge in [-0.05, 0) is 18.4 Å². The second kappa shape index (κ2) is 6.64. The number of ether oxygens (including phenoxy) is 1. The largest absolute Gasteiger partial charge is 0.422 e. The predicted octanol–water partition coefficient (Wildman–Crippen LogP) is 4.78. The van der Waals surface area contributed by atoms with E-state index in [0.717, 1.165) is 22.0 Å². The Kier molecular flexibility index (Phi) is 4.27. The molecule has 3 aromatic carbocycles. The van der Waals surface area contributed by atoms with Crippen LogP contribution in [0.4, 0.5) is 5.69 Å². The highest BCUT2D eigenvalue weighted by Crippen LogP contribution is 2.45. The molecule has 0 spiro atoms. The van der Waals surface area contributed by atoms with Gasteiger partial charge in [0.25, 0.3) is 0 Å². The molecule has 4 heteroatoms. The summed E-state index contributed by atoms with van der Waals surface area (Å²) in [5, 5.41) is 1.95. The highest BCUT2D eigenvalue weighted by molar-refractivity contribution is 6.22. The summed E-state index contributed by atoms with van der Waals surface area (Å²) < 4.78 is 5.73. The molecule has 28 heavy (non-hydrogen) atoms. The van der Waals surface area contributed by atoms with Gasteiger partial charge in [-0.3, -0.25) is 4.79 Å². The van der Waals surface area contributed by atoms with E-state index in [1.54, 1.807) is 42.3 Å². The first-order valence-electron chi connectivity index (χ1n) is 9.17. The molecule has 0 aliphatic carbocycles. The third-order valence-electron chi connectivity index (χ3n) is 5.28. The minimum absolute atomic E-state index is 0.179. The van der Waals surface area contributed by atoms with Gasteiger partial charge >= 0.3 is 5.97 Å². The number of ketones is 1. The molecular formula is C24H21NO3. The molecule has 0 aromatic heterocycles. The molecule has 0 fully saturated rings. The van der Waals surface area contributed by atoms with E-state index in [9.17, 15) is 9.59 Å². The van der Waals surface area contributed by atoms with Gasteiger partial charge in [-0.1, -0.05) is 66.2 Å². The maximum absolute atomic E-state index is 13.6. The summed E-state index contributed by atoms with van der Waals surface area (Å²) in [4.78, 5) is 28.7. The molecule has 1 aliphatic rings. The van der Waals surface area contributed by atoms with Crippen molar-refractivity contribution in [3.8, 4) is 5.75 Å². The molecule has 4 nitrogen and oxygen atoms in total. The van der Waals surface area contributed by atoms with Gasteiger partial charge in [-0.15, -0.1) is 6.58 Å². The molecule has 1 atom stereocenters. The van der Waals surface area contributed by atoms with Crippen molar-refractivity contribution in [1.82, 2.24) is 0 Å². The molecule has 0 saturated carbocycles. The van der Waals surface area contributed by atoms with Crippen molar-refractivity contribution in [2.45, 2.75) is 18.9 Å². The maximum Gasteiger partial charge on any atom is 0.346 e. The Labute approximate surface area is 164 Å². The number of hydrogen-bond donors (Lipinski definition) is 0. The molecular weight excluding hydrogens is 350 g/mol. The Morgan fingerprint density at radius 3 is 2.43 bits per heavy atom. The molecule has 1 heterocycles. The van der Waals surface area contributed by atoms with Crippen molar-refractivity contribution in [3.63, 3.8) is 0 Å². The van der Waals surface area contributed by atoms with Crippen molar-refractivity contribution in [2.75, 3.05) is 11.9 Å². The number of carbonyl (C=O) groups excluding carboxylic acids is 2. The van der Waals surface area contributed by atoms with Crippen LogP contribution in [-0.2, 0) is 4.79 Å². The summed E-state index contributed by atoms with van der Waals surface area (Å²) in [6, 6.07) is 20.4. The van der Waals surface area contributed by atoms with Crippen molar-refractivity contribution in [2.24, 2.45) is 0 Å². The normalized spacial score (nSPS) is 18.5. The number of anilines is 1. The third kappa shape index (κ3) is 2.61. The van der Waals surface area contributed by atoms with E-state index in [-0.39, 0.29) is 12.2 Å². The summed E-state index contributed by atoms with van der Waals surface area (Å²) in [6.07, 6.45) is 0.179. The fourth-order valence-electron chi connectivity index (χ4n) is 3.96. The summed E-state index contributed by atoms with van der Waals surface area (Å²) >= 11 is 0. The molecule has 0 amide bonds. The van der Waals surface area contributed by atoms with Crippen LogP contribution in [0.2, 0.25) is 0 Å². The van der Waals surface area contributed by atoms with Gasteiger partial charge in [0.1, 0.15) is 0 Å². The predicted molar refractivity (Wildman–Crippen MR) is 111 cm³/mol. The SMILES string of the molecule is C=C(C)C[C@@]1(C(=O)c2ccccc2)C(=O)Oc2ccc3ccccc3c2N1C. The van der Waals surface area contributed by atoms with Crippen molar-refractivity contribution >= 4 is 28.2 Å². The average Bonchev–Trinajstić information content (AvgIpc) is 2.70. The first-order valence-corrected chi connectivity index (χ1v) is 9.17. The highest BCUT2D eigenvalue weighted by atomic mass is 16.5. The molecule has 0 bridgehead atoms. The molecule has 0 saturated heterocycles. The van der Waals surface area contributed by atoms with Gasteiger partial charge in [0.05, 0.1) is 5.69 Å². The van der Waals surface area contributed by atoms with E-state index < -0.39 is 11.5 Å². The number of esters is 1. The number of fused-ring (bicyclic) bond motifs is 3. The number of Topliss-reactive ketones (excluding diaryl/α,β-unsaturated/α-hetero) is 1. The molecule has 0 radical (unpaired) electrons. The molecule has 3 aromatic rings. The zero-order chi connectivity index (χ0) is 19.9. The van der Waals surface area contributed by atoms with Crippen molar-refractivity contribution in [1.29, 1.82) is 0 Å². The lowest BCUT2D eigenvalue weighted by Gasteiger charge is -2.44. The summed E-state index contributed by atoms with van der Waals surface area (Å²) in [5.74, 6) is -0.402. The monoisotopic (exact) mass is 371 g/mol. The minimum Gasteiger partial charge on any atom is -0.422 e. The lowest BCUT2D eigenvalue weighted by atomic mass is 9.80. The van der Waals surface area contributed by atoms with E-state index in [0.29, 0.717) is 11.3 Å². The number of nitrogens with zero attached hydrogens (tertiary/aromatic N) is 1. The van der Waals surface area contributed by atoms with E-state index >= 15 is 0 Å². The van der Waals surface area contributed by atoms with Crippen LogP contribution in [0, 0.1) is 0 Å². The van der Waals surface area contributed by atoms with Gasteiger partial charge in [0, 0.05) is 24.4 Å². The van der Waals surface area contributed by atoms with Crippen LogP contribution < -0.4 is 9.64 Å². The number of rotatable bonds is 4. The fourth-order valence-corrected chi connectivity index (χ4v) is 3.96. The number of carbonyl (C=O) groups is 2. The second-order valence-electron chi connectivity index (χ2n) is 7.27. The lowest BCUT2D eigenvalue weighted by Crippen LogP contribution is -2.63. The zero-order valence-electron chi connectivity index (χ0n) is 15.9. The first-order chi connectivity index (χ1) is 13.4. The Hall–Kier alpha value is -3.40. The summed E-state index contributed by atoms with van der Waals surface area (Å²) in [6.45, 7) is 5.79. The smallest absolute Gasteiger partial charge is 0.346 e. The molecule has 0 unspecified atom stereocenters. The van der Waals surface area contributed by atoms with Crippen LogP contribution in [0.1, 0.15) is 23.7 Å². The van der Waals surface area contributed by atoms with E-state index in [4.69, 9.17) is 4.74 Å². The lowest BCUT2D eigenvalue weighted by molar-refractivity contribution is -0.139. The van der Waals surface area contributed by atoms with Crippen LogP contribution in [0.25, 0.3) is 10.8 Å². The van der Waals surface area contributed by atoms with Crippen LogP contribution in [0.3, 0.4) is 0 Å². The van der Waals surface area contributed by atoms with Gasteiger partial charge in [-0.2, -0.15) is 0 Å². The van der Waals surface area contributed by atoms with Crippen molar-refractivity contribution in [3.05, 3.63) is 84.4 Å². The van der Waals surface area contributed by atoms with Gasteiger partial charge in [0.15, 0.2) is 11.5 Å². The zero-order valence-corrected chi connectivity index (χ0v) is 15.9. The number of benzene rings is 3. The van der Waals surface area contributed by atoms with E-state index in [1.165, 1.54) is 0 Å². The van der Waals surface area contributed by atoms with Gasteiger partial charge in [0.2, 0.25) is 5.54 Å². The molecule has 140 valence electrons. The second-order valence-corrected chi connectivity index (χ2v) is 7.27. The van der Waals surface area contributed by atoms with E-state index in [1.807, 2.05) is 43.3 Å². The van der Waals surface area contributed by atoms with Crippen LogP contribution in [0.15, 0.2) is 78.9 Å². The molecule has 4 rings (SSSR count). The Morgan fingerprint density at radius 2 is 1.71 bits per heavy atom. The quantitative estimate of drug-likeness (QED) is 0.218. The molecule has 0 N–H and O–H groups in total. The van der Waals surface area contributed by atoms with Crippen LogP contribution >= 0.6 is 0 Å². The maximum atomic E-state index is 13.6. The number of hydrogen-bond acceptors (Lipinski definition) is 4. The fraction of sp³-hybridized carbons (Fsp3) is 0.167. The van der Waals surface area contributed by atoms with Crippen LogP contribution in [0.5, 0.6) is 5.75 Å². The Balaban J connectivity index is 1.97. The van der Waals surface area contributed by atoms with E-state index in [2.05, 4.69) is 6.58 Å². The minimum atomic E-state index is -1.50. The standard InChI is InChI=1S/C24H21NO3/c1-16(2)15-24(22(26)18-10-5-4-6-11-18)23(27)28-20-14-13-17-9-7-8-12-19(17)21(20)25(24)3/h4-14H,1,15H2,2-3H3/t24-/m1/s1. The van der Waals surface area contributed by atoms with Gasteiger partial charge in [-0.25, -0.2) is 4.79 Å². The topological polar surface area (TPSA) is 46.6 Å². The molecule has 1 aliphatic heterocycles. The summed E-state index contributed by atoms with van der Waals surface area (Å²) in [5.41, 5.74) is 0.445. The average molecular weight is 371 g/mol. The Morgan fingerprint density at radius 1 is 1.04 bits per heavy atom. The first kappa shape index (κ1) is 18.0. The van der Waals surface area contributed by atoms with Gasteiger partial charge < -0.3 is 9.64 Å². The highest BCUT2D eigenvalue weighted by Gasteiger charge is 2.54. The Bertz CT molecular complexity index is 1100.